The fourth-order valence-electron chi connectivity index (χ4n) is 0.605. The first kappa shape index (κ1) is 9.77. The van der Waals surface area contributed by atoms with Crippen molar-refractivity contribution in [2.24, 2.45) is 0 Å². The topological polar surface area (TPSA) is 46.0 Å². The van der Waals surface area contributed by atoms with Gasteiger partial charge in [0.2, 0.25) is 0 Å². The van der Waals surface area contributed by atoms with E-state index >= 15 is 0 Å². The van der Waals surface area contributed by atoms with Gasteiger partial charge in [-0.05, 0) is 0 Å². The molecule has 1 aromatic rings. The summed E-state index contributed by atoms with van der Waals surface area (Å²) in [6, 6.07) is 0. The number of hydrogen-bond donors (Lipinski definition) is 1. The van der Waals surface area contributed by atoms with Crippen molar-refractivity contribution < 1.29 is 5.11 Å². The number of thioether (sulfide) groups is 1. The normalized spacial score (nSPS) is 12.9. The van der Waals surface area contributed by atoms with Crippen molar-refractivity contribution in [1.82, 2.24) is 9.97 Å². The van der Waals surface area contributed by atoms with Crippen LogP contribution in [0.5, 0.6) is 0 Å². The monoisotopic (exact) mass is 204 g/mol. The zero-order valence-corrected chi connectivity index (χ0v) is 8.14. The fourth-order valence-corrected chi connectivity index (χ4v) is 1.42. The summed E-state index contributed by atoms with van der Waals surface area (Å²) in [4.78, 5) is 7.89. The molecule has 0 bridgehead atoms. The molecular formula is C7H9ClN2OS. The van der Waals surface area contributed by atoms with Crippen molar-refractivity contribution in [2.45, 2.75) is 17.2 Å². The highest BCUT2D eigenvalue weighted by atomic mass is 35.5. The second kappa shape index (κ2) is 4.64. The lowest BCUT2D eigenvalue weighted by atomic mass is 10.5. The fraction of sp³-hybridized carbons (Fsp3) is 0.429. The number of aliphatic hydroxyl groups excluding tert-OH is 1. The molecular weight excluding hydrogens is 196 g/mol. The molecule has 1 unspecified atom stereocenters. The molecule has 5 heteroatoms. The molecule has 1 N–H and O–H groups in total. The van der Waals surface area contributed by atoms with E-state index in [2.05, 4.69) is 9.97 Å². The summed E-state index contributed by atoms with van der Waals surface area (Å²) >= 11 is 7.02. The van der Waals surface area contributed by atoms with Gasteiger partial charge >= 0.3 is 0 Å². The Balaban J connectivity index is 2.58. The van der Waals surface area contributed by atoms with Gasteiger partial charge in [0.15, 0.2) is 0 Å². The Morgan fingerprint density at radius 3 is 2.83 bits per heavy atom. The molecule has 1 rings (SSSR count). The number of rotatable bonds is 3. The molecule has 0 saturated carbocycles. The zero-order valence-electron chi connectivity index (χ0n) is 6.57. The second-order valence-electron chi connectivity index (χ2n) is 2.29. The van der Waals surface area contributed by atoms with E-state index in [0.29, 0.717) is 5.15 Å². The smallest absolute Gasteiger partial charge is 0.147 e. The van der Waals surface area contributed by atoms with E-state index in [-0.39, 0.29) is 11.9 Å². The summed E-state index contributed by atoms with van der Waals surface area (Å²) < 4.78 is 0. The zero-order chi connectivity index (χ0) is 8.97. The van der Waals surface area contributed by atoms with Crippen LogP contribution in [0.25, 0.3) is 0 Å². The van der Waals surface area contributed by atoms with Crippen LogP contribution in [0.3, 0.4) is 0 Å². The van der Waals surface area contributed by atoms with Gasteiger partial charge in [0, 0.05) is 5.25 Å². The average Bonchev–Trinajstić information content (AvgIpc) is 2.09. The predicted molar refractivity (Wildman–Crippen MR) is 49.4 cm³/mol. The van der Waals surface area contributed by atoms with Gasteiger partial charge in [0.05, 0.1) is 19.0 Å². The lowest BCUT2D eigenvalue weighted by Crippen LogP contribution is -2.02. The molecule has 3 nitrogen and oxygen atoms in total. The molecule has 1 atom stereocenters. The highest BCUT2D eigenvalue weighted by Crippen LogP contribution is 2.19. The van der Waals surface area contributed by atoms with E-state index in [9.17, 15) is 0 Å². The third-order valence-electron chi connectivity index (χ3n) is 1.18. The van der Waals surface area contributed by atoms with E-state index in [4.69, 9.17) is 16.7 Å². The van der Waals surface area contributed by atoms with Crippen molar-refractivity contribution in [3.05, 3.63) is 17.5 Å². The van der Waals surface area contributed by atoms with Crippen molar-refractivity contribution in [3.8, 4) is 0 Å². The predicted octanol–water partition coefficient (Wildman–Crippen LogP) is 1.60. The minimum atomic E-state index is 0.134. The molecule has 1 heterocycles. The molecule has 1 aromatic heterocycles. The van der Waals surface area contributed by atoms with Crippen LogP contribution in [-0.4, -0.2) is 26.9 Å². The summed E-state index contributed by atoms with van der Waals surface area (Å²) in [6.45, 7) is 2.05. The van der Waals surface area contributed by atoms with Gasteiger partial charge in [-0.1, -0.05) is 30.3 Å². The van der Waals surface area contributed by atoms with Crippen molar-refractivity contribution in [1.29, 1.82) is 0 Å². The van der Waals surface area contributed by atoms with Gasteiger partial charge in [-0.2, -0.15) is 0 Å². The number of nitrogens with zero attached hydrogens (tertiary/aromatic N) is 2. The Morgan fingerprint density at radius 2 is 2.33 bits per heavy atom. The average molecular weight is 205 g/mol. The van der Waals surface area contributed by atoms with Crippen molar-refractivity contribution in [3.63, 3.8) is 0 Å². The third-order valence-corrected chi connectivity index (χ3v) is 2.37. The summed E-state index contributed by atoms with van der Waals surface area (Å²) in [5.41, 5.74) is 0. The molecule has 0 spiro atoms. The summed E-state index contributed by atoms with van der Waals surface area (Å²) in [5.74, 6) is 0. The highest BCUT2D eigenvalue weighted by Gasteiger charge is 2.03. The number of halogens is 1. The minimum absolute atomic E-state index is 0.134. The molecule has 0 fully saturated rings. The van der Waals surface area contributed by atoms with E-state index in [1.807, 2.05) is 6.92 Å². The maximum absolute atomic E-state index is 8.76. The maximum atomic E-state index is 8.76. The highest BCUT2D eigenvalue weighted by molar-refractivity contribution is 7.99. The Hall–Kier alpha value is -0.320. The van der Waals surface area contributed by atoms with Gasteiger partial charge in [0.1, 0.15) is 10.2 Å². The van der Waals surface area contributed by atoms with E-state index in [0.717, 1.165) is 5.03 Å². The molecule has 0 aromatic carbocycles. The van der Waals surface area contributed by atoms with Crippen LogP contribution in [0.4, 0.5) is 0 Å². The summed E-state index contributed by atoms with van der Waals surface area (Å²) in [7, 11) is 0. The largest absolute Gasteiger partial charge is 0.395 e. The summed E-state index contributed by atoms with van der Waals surface area (Å²) in [6.07, 6.45) is 3.09. The number of hydrogen-bond acceptors (Lipinski definition) is 4. The number of aromatic nitrogens is 2. The Labute approximate surface area is 80.2 Å². The van der Waals surface area contributed by atoms with E-state index < -0.39 is 0 Å². The van der Waals surface area contributed by atoms with Gasteiger partial charge < -0.3 is 5.11 Å². The first-order valence-electron chi connectivity index (χ1n) is 3.47. The maximum Gasteiger partial charge on any atom is 0.147 e. The van der Waals surface area contributed by atoms with Crippen LogP contribution in [0, 0.1) is 0 Å². The van der Waals surface area contributed by atoms with Gasteiger partial charge in [-0.15, -0.1) is 0 Å². The first-order valence-corrected chi connectivity index (χ1v) is 4.73. The Morgan fingerprint density at radius 1 is 1.58 bits per heavy atom. The molecule has 0 aliphatic carbocycles. The van der Waals surface area contributed by atoms with E-state index in [1.54, 1.807) is 6.20 Å². The van der Waals surface area contributed by atoms with Crippen molar-refractivity contribution >= 4 is 23.4 Å². The summed E-state index contributed by atoms with van der Waals surface area (Å²) in [5, 5.41) is 10.1. The van der Waals surface area contributed by atoms with Crippen LogP contribution in [0.2, 0.25) is 5.15 Å². The van der Waals surface area contributed by atoms with Gasteiger partial charge in [-0.3, -0.25) is 0 Å². The lowest BCUT2D eigenvalue weighted by molar-refractivity contribution is 0.300. The molecule has 0 aliphatic rings. The Bertz CT molecular complexity index is 242. The van der Waals surface area contributed by atoms with Crippen LogP contribution >= 0.6 is 23.4 Å². The standard InChI is InChI=1S/C7H9ClN2OS/c1-5(4-11)12-7-3-9-6(8)2-10-7/h2-3,5,11H,4H2,1H3. The van der Waals surface area contributed by atoms with Gasteiger partial charge in [-0.25, -0.2) is 9.97 Å². The molecule has 0 saturated heterocycles. The lowest BCUT2D eigenvalue weighted by Gasteiger charge is -2.04. The number of aliphatic hydroxyl groups is 1. The van der Waals surface area contributed by atoms with Crippen LogP contribution in [-0.2, 0) is 0 Å². The SMILES string of the molecule is CC(CO)Sc1cnc(Cl)cn1. The second-order valence-corrected chi connectivity index (χ2v) is 4.13. The molecule has 0 radical (unpaired) electrons. The van der Waals surface area contributed by atoms with Crippen LogP contribution in [0.15, 0.2) is 17.4 Å². The molecule has 0 amide bonds. The first-order chi connectivity index (χ1) is 5.72. The Kier molecular flexibility index (Phi) is 3.78. The third kappa shape index (κ3) is 2.97. The minimum Gasteiger partial charge on any atom is -0.395 e. The van der Waals surface area contributed by atoms with Crippen molar-refractivity contribution in [2.75, 3.05) is 6.61 Å². The molecule has 66 valence electrons. The molecule has 12 heavy (non-hydrogen) atoms. The van der Waals surface area contributed by atoms with Crippen LogP contribution < -0.4 is 0 Å². The quantitative estimate of drug-likeness (QED) is 0.760. The van der Waals surface area contributed by atoms with Crippen LogP contribution in [0.1, 0.15) is 6.92 Å². The van der Waals surface area contributed by atoms with Gasteiger partial charge in [0.25, 0.3) is 0 Å². The van der Waals surface area contributed by atoms with E-state index in [1.165, 1.54) is 18.0 Å². The molecule has 0 aliphatic heterocycles.